The average molecular weight is 307 g/mol. The molecule has 2 N–H and O–H groups in total. The van der Waals surface area contributed by atoms with E-state index >= 15 is 0 Å². The van der Waals surface area contributed by atoms with E-state index in [4.69, 9.17) is 0 Å². The molecule has 2 aliphatic rings. The SMILES string of the molecule is O[C@H](C[C@H]1N[C@H]2CCC[C@H]2[C@@H]1c1ccccc1)c1ccccc1. The number of aliphatic hydroxyl groups is 1. The van der Waals surface area contributed by atoms with Crippen molar-refractivity contribution in [3.05, 3.63) is 71.8 Å². The Morgan fingerprint density at radius 1 is 0.957 bits per heavy atom. The quantitative estimate of drug-likeness (QED) is 0.893. The maximum atomic E-state index is 10.7. The van der Waals surface area contributed by atoms with Crippen LogP contribution in [0.2, 0.25) is 0 Å². The standard InChI is InChI=1S/C21H25NO/c23-20(15-8-3-1-4-9-15)14-19-21(16-10-5-2-6-11-16)17-12-7-13-18(17)22-19/h1-6,8-11,17-23H,7,12-14H2/t17-,18+,19-,20-,21+/m1/s1. The van der Waals surface area contributed by atoms with Crippen LogP contribution in [0.3, 0.4) is 0 Å². The molecule has 0 radical (unpaired) electrons. The Morgan fingerprint density at radius 3 is 2.39 bits per heavy atom. The van der Waals surface area contributed by atoms with Crippen LogP contribution < -0.4 is 5.32 Å². The molecule has 0 unspecified atom stereocenters. The van der Waals surface area contributed by atoms with Crippen LogP contribution in [0.25, 0.3) is 0 Å². The zero-order valence-electron chi connectivity index (χ0n) is 13.4. The third kappa shape index (κ3) is 2.93. The lowest BCUT2D eigenvalue weighted by Crippen LogP contribution is -2.32. The second-order valence-corrected chi connectivity index (χ2v) is 7.07. The van der Waals surface area contributed by atoms with Gasteiger partial charge in [-0.1, -0.05) is 67.1 Å². The molecule has 2 heteroatoms. The summed E-state index contributed by atoms with van der Waals surface area (Å²) in [6.45, 7) is 0. The average Bonchev–Trinajstić information content (AvgIpc) is 3.17. The monoisotopic (exact) mass is 307 g/mol. The normalized spacial score (nSPS) is 31.0. The van der Waals surface area contributed by atoms with Crippen molar-refractivity contribution in [3.8, 4) is 0 Å². The second-order valence-electron chi connectivity index (χ2n) is 7.07. The summed E-state index contributed by atoms with van der Waals surface area (Å²) < 4.78 is 0. The predicted molar refractivity (Wildman–Crippen MR) is 93.3 cm³/mol. The molecule has 120 valence electrons. The zero-order chi connectivity index (χ0) is 15.6. The zero-order valence-corrected chi connectivity index (χ0v) is 13.4. The second kappa shape index (κ2) is 6.46. The van der Waals surface area contributed by atoms with Crippen LogP contribution in [-0.4, -0.2) is 17.2 Å². The van der Waals surface area contributed by atoms with Crippen LogP contribution in [0.1, 0.15) is 48.8 Å². The lowest BCUT2D eigenvalue weighted by molar-refractivity contribution is 0.149. The summed E-state index contributed by atoms with van der Waals surface area (Å²) in [6, 6.07) is 21.9. The molecule has 2 aromatic carbocycles. The van der Waals surface area contributed by atoms with Crippen molar-refractivity contribution in [2.75, 3.05) is 0 Å². The minimum atomic E-state index is -0.390. The third-order valence-electron chi connectivity index (χ3n) is 5.74. The summed E-state index contributed by atoms with van der Waals surface area (Å²) in [7, 11) is 0. The first-order valence-electron chi connectivity index (χ1n) is 8.87. The summed E-state index contributed by atoms with van der Waals surface area (Å²) in [5.41, 5.74) is 2.46. The molecular formula is C21H25NO. The Bertz CT molecular complexity index is 627. The van der Waals surface area contributed by atoms with Crippen LogP contribution in [0, 0.1) is 5.92 Å². The Morgan fingerprint density at radius 2 is 1.65 bits per heavy atom. The van der Waals surface area contributed by atoms with E-state index in [1.807, 2.05) is 30.3 Å². The summed E-state index contributed by atoms with van der Waals surface area (Å²) in [5.74, 6) is 1.26. The topological polar surface area (TPSA) is 32.3 Å². The maximum absolute atomic E-state index is 10.7. The number of hydrogen-bond acceptors (Lipinski definition) is 2. The van der Waals surface area contributed by atoms with Gasteiger partial charge >= 0.3 is 0 Å². The molecule has 0 aromatic heterocycles. The smallest absolute Gasteiger partial charge is 0.0805 e. The van der Waals surface area contributed by atoms with Gasteiger partial charge in [0.05, 0.1) is 6.10 Å². The molecule has 0 spiro atoms. The first-order valence-corrected chi connectivity index (χ1v) is 8.87. The van der Waals surface area contributed by atoms with Gasteiger partial charge in [-0.25, -0.2) is 0 Å². The lowest BCUT2D eigenvalue weighted by Gasteiger charge is -2.26. The number of aliphatic hydroxyl groups excluding tert-OH is 1. The van der Waals surface area contributed by atoms with Crippen molar-refractivity contribution >= 4 is 0 Å². The minimum Gasteiger partial charge on any atom is -0.388 e. The van der Waals surface area contributed by atoms with Gasteiger partial charge in [0.1, 0.15) is 0 Å². The van der Waals surface area contributed by atoms with Crippen LogP contribution in [0.5, 0.6) is 0 Å². The van der Waals surface area contributed by atoms with Gasteiger partial charge in [0.25, 0.3) is 0 Å². The molecule has 4 rings (SSSR count). The maximum Gasteiger partial charge on any atom is 0.0805 e. The van der Waals surface area contributed by atoms with E-state index in [0.717, 1.165) is 17.9 Å². The third-order valence-corrected chi connectivity index (χ3v) is 5.74. The van der Waals surface area contributed by atoms with Gasteiger partial charge in [0.15, 0.2) is 0 Å². The highest BCUT2D eigenvalue weighted by atomic mass is 16.3. The fourth-order valence-electron chi connectivity index (χ4n) is 4.72. The van der Waals surface area contributed by atoms with E-state index in [1.165, 1.54) is 24.8 Å². The minimum absolute atomic E-state index is 0.364. The van der Waals surface area contributed by atoms with Gasteiger partial charge < -0.3 is 10.4 Å². The van der Waals surface area contributed by atoms with Crippen LogP contribution in [0.15, 0.2) is 60.7 Å². The van der Waals surface area contributed by atoms with Gasteiger partial charge in [-0.2, -0.15) is 0 Å². The van der Waals surface area contributed by atoms with Gasteiger partial charge in [-0.3, -0.25) is 0 Å². The molecule has 23 heavy (non-hydrogen) atoms. The lowest BCUT2D eigenvalue weighted by atomic mass is 9.80. The molecule has 0 bridgehead atoms. The molecule has 1 saturated heterocycles. The summed E-state index contributed by atoms with van der Waals surface area (Å²) in [5, 5.41) is 14.5. The Labute approximate surface area is 138 Å². The predicted octanol–water partition coefficient (Wildman–Crippen LogP) is 4.03. The molecule has 1 saturated carbocycles. The fraction of sp³-hybridized carbons (Fsp3) is 0.429. The van der Waals surface area contributed by atoms with Gasteiger partial charge in [0.2, 0.25) is 0 Å². The number of rotatable bonds is 4. The first-order chi connectivity index (χ1) is 11.3. The Hall–Kier alpha value is -1.64. The van der Waals surface area contributed by atoms with E-state index in [9.17, 15) is 5.11 Å². The molecule has 1 heterocycles. The molecule has 1 aliphatic carbocycles. The van der Waals surface area contributed by atoms with Crippen molar-refractivity contribution in [2.24, 2.45) is 5.92 Å². The molecule has 1 aliphatic heterocycles. The molecule has 5 atom stereocenters. The summed E-state index contributed by atoms with van der Waals surface area (Å²) in [6.07, 6.45) is 4.33. The van der Waals surface area contributed by atoms with Gasteiger partial charge in [0, 0.05) is 18.0 Å². The number of nitrogens with one attached hydrogen (secondary N) is 1. The Kier molecular flexibility index (Phi) is 4.19. The van der Waals surface area contributed by atoms with Gasteiger partial charge in [-0.05, 0) is 36.3 Å². The molecule has 2 fully saturated rings. The van der Waals surface area contributed by atoms with Crippen molar-refractivity contribution in [3.63, 3.8) is 0 Å². The fourth-order valence-corrected chi connectivity index (χ4v) is 4.72. The van der Waals surface area contributed by atoms with E-state index in [1.54, 1.807) is 0 Å². The molecule has 2 nitrogen and oxygen atoms in total. The number of fused-ring (bicyclic) bond motifs is 1. The van der Waals surface area contributed by atoms with Crippen LogP contribution in [-0.2, 0) is 0 Å². The highest BCUT2D eigenvalue weighted by molar-refractivity contribution is 5.27. The Balaban J connectivity index is 1.57. The van der Waals surface area contributed by atoms with Crippen LogP contribution in [0.4, 0.5) is 0 Å². The molecular weight excluding hydrogens is 282 g/mol. The van der Waals surface area contributed by atoms with E-state index in [2.05, 4.69) is 35.6 Å². The van der Waals surface area contributed by atoms with Crippen molar-refractivity contribution in [1.29, 1.82) is 0 Å². The highest BCUT2D eigenvalue weighted by Crippen LogP contribution is 2.46. The number of benzene rings is 2. The highest BCUT2D eigenvalue weighted by Gasteiger charge is 2.45. The van der Waals surface area contributed by atoms with Gasteiger partial charge in [-0.15, -0.1) is 0 Å². The first kappa shape index (κ1) is 14.9. The molecule has 0 amide bonds. The molecule has 2 aromatic rings. The summed E-state index contributed by atoms with van der Waals surface area (Å²) in [4.78, 5) is 0. The van der Waals surface area contributed by atoms with Crippen LogP contribution >= 0.6 is 0 Å². The van der Waals surface area contributed by atoms with E-state index < -0.39 is 6.10 Å². The van der Waals surface area contributed by atoms with Crippen molar-refractivity contribution in [2.45, 2.75) is 49.8 Å². The van der Waals surface area contributed by atoms with E-state index in [0.29, 0.717) is 18.0 Å². The summed E-state index contributed by atoms with van der Waals surface area (Å²) >= 11 is 0. The number of hydrogen-bond donors (Lipinski definition) is 2. The van der Waals surface area contributed by atoms with Crippen molar-refractivity contribution in [1.82, 2.24) is 5.32 Å². The van der Waals surface area contributed by atoms with E-state index in [-0.39, 0.29) is 0 Å². The largest absolute Gasteiger partial charge is 0.388 e. The van der Waals surface area contributed by atoms with Crippen molar-refractivity contribution < 1.29 is 5.11 Å².